The lowest BCUT2D eigenvalue weighted by molar-refractivity contribution is -0.145. The molecule has 1 atom stereocenters. The van der Waals surface area contributed by atoms with E-state index in [2.05, 4.69) is 0 Å². The number of carbonyl (C=O) groups is 1. The Morgan fingerprint density at radius 2 is 1.95 bits per heavy atom. The summed E-state index contributed by atoms with van der Waals surface area (Å²) in [4.78, 5) is 11.4. The van der Waals surface area contributed by atoms with Crippen molar-refractivity contribution < 1.29 is 14.3 Å². The van der Waals surface area contributed by atoms with Crippen molar-refractivity contribution in [3.8, 4) is 5.75 Å². The first-order chi connectivity index (χ1) is 9.72. The fourth-order valence-corrected chi connectivity index (χ4v) is 1.98. The third kappa shape index (κ3) is 3.48. The number of rotatable bonds is 6. The van der Waals surface area contributed by atoms with Gasteiger partial charge in [0.25, 0.3) is 0 Å². The molecule has 0 saturated carbocycles. The lowest BCUT2D eigenvalue weighted by atomic mass is 10.1. The molecule has 0 bridgehead atoms. The van der Waals surface area contributed by atoms with Crippen LogP contribution in [0, 0.1) is 0 Å². The molecule has 0 aliphatic rings. The molecule has 0 aliphatic heterocycles. The molecule has 2 rings (SSSR count). The highest BCUT2D eigenvalue weighted by molar-refractivity contribution is 5.88. The van der Waals surface area contributed by atoms with Crippen LogP contribution in [0.1, 0.15) is 13.3 Å². The van der Waals surface area contributed by atoms with Gasteiger partial charge in [-0.25, -0.2) is 0 Å². The number of nitrogens with two attached hydrogens (primary N) is 1. The average molecular weight is 273 g/mol. The summed E-state index contributed by atoms with van der Waals surface area (Å²) in [5.41, 5.74) is 5.73. The third-order valence-electron chi connectivity index (χ3n) is 3.03. The summed E-state index contributed by atoms with van der Waals surface area (Å²) in [6.45, 7) is 2.49. The van der Waals surface area contributed by atoms with Gasteiger partial charge in [0, 0.05) is 11.8 Å². The Morgan fingerprint density at radius 1 is 1.20 bits per heavy atom. The quantitative estimate of drug-likeness (QED) is 0.821. The van der Waals surface area contributed by atoms with Gasteiger partial charge in [0.2, 0.25) is 0 Å². The second kappa shape index (κ2) is 6.91. The van der Waals surface area contributed by atoms with E-state index >= 15 is 0 Å². The zero-order valence-electron chi connectivity index (χ0n) is 11.5. The highest BCUT2D eigenvalue weighted by atomic mass is 16.5. The summed E-state index contributed by atoms with van der Waals surface area (Å²) in [6, 6.07) is 13.3. The molecular weight excluding hydrogens is 254 g/mol. The van der Waals surface area contributed by atoms with Crippen LogP contribution in [0.3, 0.4) is 0 Å². The molecule has 2 aromatic rings. The minimum Gasteiger partial charge on any atom is -0.493 e. The van der Waals surface area contributed by atoms with Gasteiger partial charge in [0.15, 0.2) is 0 Å². The maximum atomic E-state index is 11.4. The Labute approximate surface area is 118 Å². The number of fused-ring (bicyclic) bond motifs is 1. The van der Waals surface area contributed by atoms with Crippen molar-refractivity contribution in [3.63, 3.8) is 0 Å². The maximum absolute atomic E-state index is 11.4. The van der Waals surface area contributed by atoms with Crippen LogP contribution in [-0.2, 0) is 9.53 Å². The van der Waals surface area contributed by atoms with Crippen molar-refractivity contribution in [3.05, 3.63) is 42.5 Å². The van der Waals surface area contributed by atoms with Crippen molar-refractivity contribution in [2.75, 3.05) is 13.2 Å². The van der Waals surface area contributed by atoms with Gasteiger partial charge in [-0.3, -0.25) is 4.79 Å². The Bertz CT molecular complexity index is 577. The van der Waals surface area contributed by atoms with E-state index in [4.69, 9.17) is 15.2 Å². The molecule has 0 aliphatic carbocycles. The van der Waals surface area contributed by atoms with Crippen LogP contribution in [-0.4, -0.2) is 25.2 Å². The van der Waals surface area contributed by atoms with Gasteiger partial charge in [-0.2, -0.15) is 0 Å². The summed E-state index contributed by atoms with van der Waals surface area (Å²) in [5.74, 6) is 0.424. The Kier molecular flexibility index (Phi) is 4.96. The van der Waals surface area contributed by atoms with Gasteiger partial charge in [-0.1, -0.05) is 36.4 Å². The van der Waals surface area contributed by atoms with E-state index < -0.39 is 6.04 Å². The minimum absolute atomic E-state index is 0.344. The Morgan fingerprint density at radius 3 is 2.75 bits per heavy atom. The number of carbonyl (C=O) groups excluding carboxylic acids is 1. The van der Waals surface area contributed by atoms with Gasteiger partial charge < -0.3 is 15.2 Å². The van der Waals surface area contributed by atoms with Gasteiger partial charge in [-0.15, -0.1) is 0 Å². The maximum Gasteiger partial charge on any atom is 0.323 e. The van der Waals surface area contributed by atoms with E-state index in [1.165, 1.54) is 0 Å². The van der Waals surface area contributed by atoms with Crippen LogP contribution in [0.15, 0.2) is 42.5 Å². The second-order valence-electron chi connectivity index (χ2n) is 4.47. The molecule has 2 N–H and O–H groups in total. The van der Waals surface area contributed by atoms with Crippen molar-refractivity contribution in [1.29, 1.82) is 0 Å². The number of esters is 1. The van der Waals surface area contributed by atoms with Crippen LogP contribution in [0.5, 0.6) is 5.75 Å². The predicted octanol–water partition coefficient (Wildman–Crippen LogP) is 2.50. The summed E-state index contributed by atoms with van der Waals surface area (Å²) in [6.07, 6.45) is 0.433. The molecule has 0 aromatic heterocycles. The van der Waals surface area contributed by atoms with Crippen LogP contribution in [0.25, 0.3) is 10.8 Å². The first kappa shape index (κ1) is 14.3. The lowest BCUT2D eigenvalue weighted by Crippen LogP contribution is -2.33. The number of hydrogen-bond donors (Lipinski definition) is 1. The molecule has 4 nitrogen and oxygen atoms in total. The molecule has 0 spiro atoms. The van der Waals surface area contributed by atoms with Crippen LogP contribution >= 0.6 is 0 Å². The standard InChI is InChI=1S/C16H19NO3/c1-2-19-16(18)14(17)10-11-20-15-9-5-7-12-6-3-4-8-13(12)15/h3-9,14H,2,10-11,17H2,1H3. The van der Waals surface area contributed by atoms with E-state index in [0.717, 1.165) is 16.5 Å². The molecule has 0 heterocycles. The Balaban J connectivity index is 1.95. The molecule has 0 saturated heterocycles. The summed E-state index contributed by atoms with van der Waals surface area (Å²) < 4.78 is 10.6. The molecule has 4 heteroatoms. The van der Waals surface area contributed by atoms with E-state index in [-0.39, 0.29) is 5.97 Å². The molecular formula is C16H19NO3. The average Bonchev–Trinajstić information content (AvgIpc) is 2.47. The largest absolute Gasteiger partial charge is 0.493 e. The highest BCUT2D eigenvalue weighted by Crippen LogP contribution is 2.25. The summed E-state index contributed by atoms with van der Waals surface area (Å²) in [7, 11) is 0. The first-order valence-corrected chi connectivity index (χ1v) is 6.75. The lowest BCUT2D eigenvalue weighted by Gasteiger charge is -2.12. The van der Waals surface area contributed by atoms with Crippen molar-refractivity contribution in [2.24, 2.45) is 5.73 Å². The van der Waals surface area contributed by atoms with Crippen molar-refractivity contribution >= 4 is 16.7 Å². The zero-order valence-corrected chi connectivity index (χ0v) is 11.5. The highest BCUT2D eigenvalue weighted by Gasteiger charge is 2.14. The molecule has 0 fully saturated rings. The topological polar surface area (TPSA) is 61.5 Å². The Hall–Kier alpha value is -2.07. The van der Waals surface area contributed by atoms with Gasteiger partial charge in [0.1, 0.15) is 11.8 Å². The predicted molar refractivity (Wildman–Crippen MR) is 78.7 cm³/mol. The number of hydrogen-bond acceptors (Lipinski definition) is 4. The first-order valence-electron chi connectivity index (χ1n) is 6.75. The van der Waals surface area contributed by atoms with Gasteiger partial charge in [0.05, 0.1) is 13.2 Å². The van der Waals surface area contributed by atoms with Crippen LogP contribution in [0.2, 0.25) is 0 Å². The minimum atomic E-state index is -0.634. The van der Waals surface area contributed by atoms with Gasteiger partial charge >= 0.3 is 5.97 Å². The number of ether oxygens (including phenoxy) is 2. The van der Waals surface area contributed by atoms with E-state index in [9.17, 15) is 4.79 Å². The summed E-state index contributed by atoms with van der Waals surface area (Å²) in [5, 5.41) is 2.18. The van der Waals surface area contributed by atoms with E-state index in [1.54, 1.807) is 6.92 Å². The van der Waals surface area contributed by atoms with Crippen LogP contribution in [0.4, 0.5) is 0 Å². The molecule has 20 heavy (non-hydrogen) atoms. The molecule has 106 valence electrons. The van der Waals surface area contributed by atoms with Crippen molar-refractivity contribution in [1.82, 2.24) is 0 Å². The smallest absolute Gasteiger partial charge is 0.323 e. The van der Waals surface area contributed by atoms with E-state index in [1.807, 2.05) is 42.5 Å². The van der Waals surface area contributed by atoms with Crippen LogP contribution < -0.4 is 10.5 Å². The summed E-state index contributed by atoms with van der Waals surface area (Å²) >= 11 is 0. The number of benzene rings is 2. The normalized spacial score (nSPS) is 12.1. The molecule has 0 amide bonds. The monoisotopic (exact) mass is 273 g/mol. The SMILES string of the molecule is CCOC(=O)C(N)CCOc1cccc2ccccc12. The molecule has 0 radical (unpaired) electrons. The molecule has 2 aromatic carbocycles. The molecule has 1 unspecified atom stereocenters. The third-order valence-corrected chi connectivity index (χ3v) is 3.03. The van der Waals surface area contributed by atoms with Crippen molar-refractivity contribution in [2.45, 2.75) is 19.4 Å². The van der Waals surface area contributed by atoms with E-state index in [0.29, 0.717) is 19.6 Å². The second-order valence-corrected chi connectivity index (χ2v) is 4.47. The van der Waals surface area contributed by atoms with Gasteiger partial charge in [-0.05, 0) is 18.4 Å². The fourth-order valence-electron chi connectivity index (χ4n) is 1.98. The zero-order chi connectivity index (χ0) is 14.4. The fraction of sp³-hybridized carbons (Fsp3) is 0.312.